The molecule has 0 aliphatic rings. The molecule has 2 N–H and O–H groups in total. The number of hydrogen-bond donors (Lipinski definition) is 2. The molecule has 0 radical (unpaired) electrons. The maximum atomic E-state index is 12.9. The fourth-order valence-corrected chi connectivity index (χ4v) is 2.69. The van der Waals surface area contributed by atoms with E-state index in [-0.39, 0.29) is 16.5 Å². The van der Waals surface area contributed by atoms with E-state index in [0.29, 0.717) is 11.4 Å². The second-order valence-electron chi connectivity index (χ2n) is 4.83. The summed E-state index contributed by atoms with van der Waals surface area (Å²) in [5.74, 6) is -0.896. The molecule has 0 unspecified atom stereocenters. The molecule has 0 saturated heterocycles. The van der Waals surface area contributed by atoms with Crippen molar-refractivity contribution in [3.8, 4) is 0 Å². The van der Waals surface area contributed by atoms with E-state index in [1.165, 1.54) is 24.3 Å². The number of carbonyl (C=O) groups is 1. The first-order valence-electron chi connectivity index (χ1n) is 6.54. The van der Waals surface area contributed by atoms with Crippen molar-refractivity contribution in [3.05, 3.63) is 53.3 Å². The minimum Gasteiger partial charge on any atom is -0.376 e. The maximum Gasteiger partial charge on any atom is 0.243 e. The Labute approximate surface area is 138 Å². The normalized spacial score (nSPS) is 11.1. The molecule has 0 heterocycles. The summed E-state index contributed by atoms with van der Waals surface area (Å²) in [6, 6.07) is 9.77. The molecule has 0 aliphatic carbocycles. The van der Waals surface area contributed by atoms with Gasteiger partial charge in [0.2, 0.25) is 5.91 Å². The molecular formula is C15H14ClFN2O3S. The number of benzene rings is 2. The third kappa shape index (κ3) is 4.94. The summed E-state index contributed by atoms with van der Waals surface area (Å²) in [5.41, 5.74) is 0.790. The van der Waals surface area contributed by atoms with Gasteiger partial charge in [0.25, 0.3) is 0 Å². The van der Waals surface area contributed by atoms with E-state index in [1.807, 2.05) is 0 Å². The van der Waals surface area contributed by atoms with Gasteiger partial charge in [0.1, 0.15) is 5.82 Å². The van der Waals surface area contributed by atoms with Crippen LogP contribution in [0.1, 0.15) is 0 Å². The highest BCUT2D eigenvalue weighted by atomic mass is 35.5. The van der Waals surface area contributed by atoms with Crippen molar-refractivity contribution in [2.24, 2.45) is 0 Å². The molecule has 0 aliphatic heterocycles. The van der Waals surface area contributed by atoms with Crippen LogP contribution in [0, 0.1) is 5.82 Å². The van der Waals surface area contributed by atoms with Crippen LogP contribution in [-0.2, 0) is 14.6 Å². The number of amides is 1. The fourth-order valence-electron chi connectivity index (χ4n) is 1.80. The molecule has 0 atom stereocenters. The molecule has 1 amide bonds. The van der Waals surface area contributed by atoms with Gasteiger partial charge in [-0.2, -0.15) is 0 Å². The van der Waals surface area contributed by atoms with Crippen molar-refractivity contribution in [3.63, 3.8) is 0 Å². The molecular weight excluding hydrogens is 343 g/mol. The third-order valence-corrected chi connectivity index (χ3v) is 4.34. The maximum absolute atomic E-state index is 12.9. The van der Waals surface area contributed by atoms with Crippen LogP contribution in [0.25, 0.3) is 0 Å². The van der Waals surface area contributed by atoms with Crippen molar-refractivity contribution in [1.29, 1.82) is 0 Å². The lowest BCUT2D eigenvalue weighted by atomic mass is 10.3. The number of hydrogen-bond acceptors (Lipinski definition) is 4. The monoisotopic (exact) mass is 356 g/mol. The third-order valence-electron chi connectivity index (χ3n) is 2.92. The topological polar surface area (TPSA) is 75.3 Å². The van der Waals surface area contributed by atoms with E-state index in [4.69, 9.17) is 11.6 Å². The first-order chi connectivity index (χ1) is 10.8. The number of nitrogens with one attached hydrogen (secondary N) is 2. The van der Waals surface area contributed by atoms with E-state index in [9.17, 15) is 17.6 Å². The van der Waals surface area contributed by atoms with Crippen molar-refractivity contribution in [2.45, 2.75) is 4.90 Å². The summed E-state index contributed by atoms with van der Waals surface area (Å²) in [6.07, 6.45) is 1.11. The second kappa shape index (κ2) is 6.97. The molecule has 2 aromatic carbocycles. The summed E-state index contributed by atoms with van der Waals surface area (Å²) >= 11 is 5.82. The van der Waals surface area contributed by atoms with E-state index < -0.39 is 21.6 Å². The van der Waals surface area contributed by atoms with Crippen molar-refractivity contribution in [2.75, 3.05) is 23.4 Å². The van der Waals surface area contributed by atoms with Crippen LogP contribution in [-0.4, -0.2) is 27.1 Å². The minimum atomic E-state index is -3.32. The zero-order valence-corrected chi connectivity index (χ0v) is 13.7. The lowest BCUT2D eigenvalue weighted by Crippen LogP contribution is -2.22. The van der Waals surface area contributed by atoms with Gasteiger partial charge in [-0.3, -0.25) is 4.79 Å². The Bertz CT molecular complexity index is 840. The number of rotatable bonds is 5. The summed E-state index contributed by atoms with van der Waals surface area (Å²) < 4.78 is 35.9. The van der Waals surface area contributed by atoms with Gasteiger partial charge in [-0.1, -0.05) is 17.7 Å². The SMILES string of the molecule is CS(=O)(=O)c1cccc(NCC(=O)Nc2ccc(F)cc2Cl)c1. The Balaban J connectivity index is 1.99. The number of sulfone groups is 1. The Kier molecular flexibility index (Phi) is 5.23. The predicted molar refractivity (Wildman–Crippen MR) is 88.1 cm³/mol. The van der Waals surface area contributed by atoms with Crippen molar-refractivity contribution < 1.29 is 17.6 Å². The van der Waals surface area contributed by atoms with Crippen LogP contribution in [0.4, 0.5) is 15.8 Å². The lowest BCUT2D eigenvalue weighted by molar-refractivity contribution is -0.114. The van der Waals surface area contributed by atoms with Crippen LogP contribution in [0.5, 0.6) is 0 Å². The molecule has 23 heavy (non-hydrogen) atoms. The molecule has 0 saturated carbocycles. The smallest absolute Gasteiger partial charge is 0.243 e. The summed E-state index contributed by atoms with van der Waals surface area (Å²) in [4.78, 5) is 12.0. The van der Waals surface area contributed by atoms with E-state index in [2.05, 4.69) is 10.6 Å². The first kappa shape index (κ1) is 17.2. The molecule has 0 bridgehead atoms. The molecule has 8 heteroatoms. The molecule has 2 rings (SSSR count). The summed E-state index contributed by atoms with van der Waals surface area (Å²) in [5, 5.41) is 5.44. The molecule has 0 aromatic heterocycles. The van der Waals surface area contributed by atoms with Crippen LogP contribution >= 0.6 is 11.6 Å². The van der Waals surface area contributed by atoms with Crippen molar-refractivity contribution in [1.82, 2.24) is 0 Å². The van der Waals surface area contributed by atoms with Gasteiger partial charge in [-0.25, -0.2) is 12.8 Å². The Morgan fingerprint density at radius 1 is 1.22 bits per heavy atom. The zero-order valence-electron chi connectivity index (χ0n) is 12.1. The predicted octanol–water partition coefficient (Wildman–Crippen LogP) is 2.93. The highest BCUT2D eigenvalue weighted by molar-refractivity contribution is 7.90. The van der Waals surface area contributed by atoms with Crippen LogP contribution in [0.2, 0.25) is 5.02 Å². The van der Waals surface area contributed by atoms with Gasteiger partial charge in [0.05, 0.1) is 22.2 Å². The van der Waals surface area contributed by atoms with E-state index in [1.54, 1.807) is 12.1 Å². The number of halogens is 2. The molecule has 2 aromatic rings. The number of anilines is 2. The van der Waals surface area contributed by atoms with Gasteiger partial charge < -0.3 is 10.6 Å². The largest absolute Gasteiger partial charge is 0.376 e. The molecule has 0 spiro atoms. The second-order valence-corrected chi connectivity index (χ2v) is 7.25. The van der Waals surface area contributed by atoms with Gasteiger partial charge >= 0.3 is 0 Å². The Morgan fingerprint density at radius 2 is 1.96 bits per heavy atom. The highest BCUT2D eigenvalue weighted by Crippen LogP contribution is 2.22. The van der Waals surface area contributed by atoms with E-state index in [0.717, 1.165) is 12.3 Å². The van der Waals surface area contributed by atoms with Gasteiger partial charge in [-0.05, 0) is 36.4 Å². The molecule has 122 valence electrons. The summed E-state index contributed by atoms with van der Waals surface area (Å²) in [6.45, 7) is -0.0963. The Morgan fingerprint density at radius 3 is 2.61 bits per heavy atom. The molecule has 0 fully saturated rings. The van der Waals surface area contributed by atoms with Crippen LogP contribution < -0.4 is 10.6 Å². The minimum absolute atomic E-state index is 0.0948. The van der Waals surface area contributed by atoms with Crippen LogP contribution in [0.15, 0.2) is 47.4 Å². The molecule has 5 nitrogen and oxygen atoms in total. The van der Waals surface area contributed by atoms with Gasteiger partial charge in [0, 0.05) is 11.9 Å². The van der Waals surface area contributed by atoms with Crippen molar-refractivity contribution >= 4 is 38.7 Å². The fraction of sp³-hybridized carbons (Fsp3) is 0.133. The average Bonchev–Trinajstić information content (AvgIpc) is 2.47. The average molecular weight is 357 g/mol. The quantitative estimate of drug-likeness (QED) is 0.863. The highest BCUT2D eigenvalue weighted by Gasteiger charge is 2.09. The zero-order chi connectivity index (χ0) is 17.0. The standard InChI is InChI=1S/C15H14ClFN2O3S/c1-23(21,22)12-4-2-3-11(8-12)18-9-15(20)19-14-6-5-10(17)7-13(14)16/h2-8,18H,9H2,1H3,(H,19,20). The Hall–Kier alpha value is -2.12. The van der Waals surface area contributed by atoms with Gasteiger partial charge in [0.15, 0.2) is 9.84 Å². The summed E-state index contributed by atoms with van der Waals surface area (Å²) in [7, 11) is -3.32. The number of carbonyl (C=O) groups excluding carboxylic acids is 1. The lowest BCUT2D eigenvalue weighted by Gasteiger charge is -2.10. The van der Waals surface area contributed by atoms with Crippen LogP contribution in [0.3, 0.4) is 0 Å². The van der Waals surface area contributed by atoms with E-state index >= 15 is 0 Å². The first-order valence-corrected chi connectivity index (χ1v) is 8.81. The van der Waals surface area contributed by atoms with Gasteiger partial charge in [-0.15, -0.1) is 0 Å².